The van der Waals surface area contributed by atoms with Gasteiger partial charge in [0.05, 0.1) is 53.2 Å². The first kappa shape index (κ1) is 17.6. The molecule has 0 aliphatic carbocycles. The summed E-state index contributed by atoms with van der Waals surface area (Å²) in [6, 6.07) is 4.19. The van der Waals surface area contributed by atoms with Crippen LogP contribution >= 0.6 is 0 Å². The van der Waals surface area contributed by atoms with Crippen molar-refractivity contribution in [3.8, 4) is 28.3 Å². The second-order valence-electron chi connectivity index (χ2n) is 7.67. The molecular weight excluding hydrogens is 390 g/mol. The highest BCUT2D eigenvalue weighted by Crippen LogP contribution is 2.32. The number of nitrogens with one attached hydrogen (secondary N) is 2. The maximum atomic E-state index is 4.58. The summed E-state index contributed by atoms with van der Waals surface area (Å²) in [4.78, 5) is 21.2. The average Bonchev–Trinajstić information content (AvgIpc) is 3.54. The molecule has 31 heavy (non-hydrogen) atoms. The summed E-state index contributed by atoms with van der Waals surface area (Å²) in [5, 5.41) is 9.58. The molecule has 6 aromatic rings. The van der Waals surface area contributed by atoms with Crippen LogP contribution in [0.5, 0.6) is 0 Å². The minimum Gasteiger partial charge on any atom is -0.352 e. The molecule has 6 rings (SSSR count). The Balaban J connectivity index is 1.52. The van der Waals surface area contributed by atoms with E-state index in [1.807, 2.05) is 56.4 Å². The van der Waals surface area contributed by atoms with E-state index >= 15 is 0 Å². The maximum absolute atomic E-state index is 4.58. The summed E-state index contributed by atoms with van der Waals surface area (Å²) in [6.45, 7) is 3.95. The molecule has 9 nitrogen and oxygen atoms in total. The molecule has 0 fully saturated rings. The van der Waals surface area contributed by atoms with Gasteiger partial charge in [-0.05, 0) is 26.0 Å². The lowest BCUT2D eigenvalue weighted by atomic mass is 10.1. The molecule has 0 saturated heterocycles. The Morgan fingerprint density at radius 3 is 2.61 bits per heavy atom. The van der Waals surface area contributed by atoms with Crippen LogP contribution in [-0.2, 0) is 7.05 Å². The third-order valence-corrected chi connectivity index (χ3v) is 5.70. The van der Waals surface area contributed by atoms with Gasteiger partial charge in [0, 0.05) is 35.8 Å². The van der Waals surface area contributed by atoms with E-state index in [1.165, 1.54) is 0 Å². The molecule has 9 heteroatoms. The summed E-state index contributed by atoms with van der Waals surface area (Å²) in [5.74, 6) is 0.952. The Morgan fingerprint density at radius 2 is 1.84 bits per heavy atom. The quantitative estimate of drug-likeness (QED) is 0.464. The molecule has 0 aromatic carbocycles. The molecule has 6 aromatic heterocycles. The molecule has 0 aliphatic rings. The maximum Gasteiger partial charge on any atom is 0.155 e. The SMILES string of the molecule is Cc1cn(-c2cncc3[nH]c(-c4n[nH]c5ncc(-c6cnc(C)n6C)cc45)cc23)cn1. The summed E-state index contributed by atoms with van der Waals surface area (Å²) in [5.41, 5.74) is 7.30. The Kier molecular flexibility index (Phi) is 3.61. The Hall–Kier alpha value is -4.27. The molecule has 0 unspecified atom stereocenters. The predicted octanol–water partition coefficient (Wildman–Crippen LogP) is 3.70. The van der Waals surface area contributed by atoms with Gasteiger partial charge >= 0.3 is 0 Å². The molecule has 0 bridgehead atoms. The number of aromatic nitrogens is 9. The predicted molar refractivity (Wildman–Crippen MR) is 118 cm³/mol. The number of aryl methyl sites for hydroxylation is 2. The molecule has 0 amide bonds. The topological polar surface area (TPSA) is 106 Å². The van der Waals surface area contributed by atoms with Crippen LogP contribution in [0.1, 0.15) is 11.5 Å². The number of fused-ring (bicyclic) bond motifs is 2. The van der Waals surface area contributed by atoms with Crippen molar-refractivity contribution in [1.82, 2.24) is 44.3 Å². The number of aromatic amines is 2. The third-order valence-electron chi connectivity index (χ3n) is 5.70. The molecule has 0 spiro atoms. The van der Waals surface area contributed by atoms with Crippen LogP contribution in [0.3, 0.4) is 0 Å². The van der Waals surface area contributed by atoms with Crippen molar-refractivity contribution in [2.75, 3.05) is 0 Å². The fourth-order valence-corrected chi connectivity index (χ4v) is 3.94. The normalized spacial score (nSPS) is 11.7. The largest absolute Gasteiger partial charge is 0.352 e. The Bertz CT molecular complexity index is 1580. The summed E-state index contributed by atoms with van der Waals surface area (Å²) < 4.78 is 4.03. The van der Waals surface area contributed by atoms with E-state index in [0.29, 0.717) is 0 Å². The van der Waals surface area contributed by atoms with Gasteiger partial charge in [0.2, 0.25) is 0 Å². The van der Waals surface area contributed by atoms with Crippen molar-refractivity contribution in [2.45, 2.75) is 13.8 Å². The van der Waals surface area contributed by atoms with Crippen LogP contribution in [-0.4, -0.2) is 44.3 Å². The van der Waals surface area contributed by atoms with E-state index in [0.717, 1.165) is 61.8 Å². The van der Waals surface area contributed by atoms with E-state index in [9.17, 15) is 0 Å². The molecule has 0 saturated carbocycles. The fourth-order valence-electron chi connectivity index (χ4n) is 3.94. The lowest BCUT2D eigenvalue weighted by molar-refractivity contribution is 0.865. The van der Waals surface area contributed by atoms with E-state index in [4.69, 9.17) is 0 Å². The highest BCUT2D eigenvalue weighted by Gasteiger charge is 2.16. The summed E-state index contributed by atoms with van der Waals surface area (Å²) in [6.07, 6.45) is 11.2. The standard InChI is InChI=1S/C22H19N9/c1-12-10-31(11-26-12)20-8-23-7-18-15(20)5-17(27-18)21-16-4-14(6-25-22(16)29-28-21)19-9-24-13(2)30(19)3/h4-11,27H,1-3H3,(H,25,28,29). The van der Waals surface area contributed by atoms with Crippen LogP contribution in [0.25, 0.3) is 50.3 Å². The lowest BCUT2D eigenvalue weighted by Gasteiger charge is -2.04. The van der Waals surface area contributed by atoms with Gasteiger partial charge in [-0.15, -0.1) is 0 Å². The highest BCUT2D eigenvalue weighted by molar-refractivity contribution is 5.97. The number of nitrogens with zero attached hydrogens (tertiary/aromatic N) is 7. The van der Waals surface area contributed by atoms with Gasteiger partial charge in [0.1, 0.15) is 11.5 Å². The van der Waals surface area contributed by atoms with E-state index < -0.39 is 0 Å². The smallest absolute Gasteiger partial charge is 0.155 e. The third kappa shape index (κ3) is 2.67. The minimum absolute atomic E-state index is 0.736. The number of rotatable bonds is 3. The number of imidazole rings is 2. The zero-order valence-electron chi connectivity index (χ0n) is 17.2. The summed E-state index contributed by atoms with van der Waals surface area (Å²) >= 11 is 0. The van der Waals surface area contributed by atoms with Crippen LogP contribution < -0.4 is 0 Å². The first-order valence-electron chi connectivity index (χ1n) is 9.89. The van der Waals surface area contributed by atoms with Crippen molar-refractivity contribution >= 4 is 21.9 Å². The number of pyridine rings is 2. The number of H-pyrrole nitrogens is 2. The minimum atomic E-state index is 0.736. The van der Waals surface area contributed by atoms with Crippen molar-refractivity contribution in [2.24, 2.45) is 7.05 Å². The van der Waals surface area contributed by atoms with Gasteiger partial charge in [-0.3, -0.25) is 10.1 Å². The first-order chi connectivity index (χ1) is 15.1. The van der Waals surface area contributed by atoms with Crippen molar-refractivity contribution in [3.63, 3.8) is 0 Å². The van der Waals surface area contributed by atoms with Crippen molar-refractivity contribution in [1.29, 1.82) is 0 Å². The van der Waals surface area contributed by atoms with E-state index in [-0.39, 0.29) is 0 Å². The molecule has 6 heterocycles. The second kappa shape index (κ2) is 6.36. The zero-order valence-corrected chi connectivity index (χ0v) is 17.2. The first-order valence-corrected chi connectivity index (χ1v) is 9.89. The second-order valence-corrected chi connectivity index (χ2v) is 7.67. The van der Waals surface area contributed by atoms with Gasteiger partial charge in [0.25, 0.3) is 0 Å². The Morgan fingerprint density at radius 1 is 0.935 bits per heavy atom. The average molecular weight is 409 g/mol. The van der Waals surface area contributed by atoms with Crippen molar-refractivity contribution in [3.05, 3.63) is 61.0 Å². The molecular formula is C22H19N9. The monoisotopic (exact) mass is 409 g/mol. The van der Waals surface area contributed by atoms with Crippen LogP contribution in [0, 0.1) is 13.8 Å². The van der Waals surface area contributed by atoms with Crippen LogP contribution in [0.2, 0.25) is 0 Å². The number of hydrogen-bond acceptors (Lipinski definition) is 5. The zero-order chi connectivity index (χ0) is 21.1. The highest BCUT2D eigenvalue weighted by atomic mass is 15.2. The van der Waals surface area contributed by atoms with Gasteiger partial charge < -0.3 is 14.1 Å². The van der Waals surface area contributed by atoms with Crippen LogP contribution in [0.15, 0.2) is 49.4 Å². The molecule has 0 atom stereocenters. The van der Waals surface area contributed by atoms with Crippen LogP contribution in [0.4, 0.5) is 0 Å². The van der Waals surface area contributed by atoms with E-state index in [1.54, 1.807) is 6.33 Å². The van der Waals surface area contributed by atoms with Gasteiger partial charge in [-0.1, -0.05) is 0 Å². The van der Waals surface area contributed by atoms with Gasteiger partial charge in [-0.2, -0.15) is 5.10 Å². The molecule has 0 aliphatic heterocycles. The molecule has 152 valence electrons. The number of hydrogen-bond donors (Lipinski definition) is 2. The molecule has 2 N–H and O–H groups in total. The lowest BCUT2D eigenvalue weighted by Crippen LogP contribution is -1.94. The Labute approximate surface area is 176 Å². The van der Waals surface area contributed by atoms with Crippen molar-refractivity contribution < 1.29 is 0 Å². The van der Waals surface area contributed by atoms with E-state index in [2.05, 4.69) is 51.8 Å². The summed E-state index contributed by atoms with van der Waals surface area (Å²) in [7, 11) is 2.00. The molecule has 0 radical (unpaired) electrons. The fraction of sp³-hybridized carbons (Fsp3) is 0.136. The van der Waals surface area contributed by atoms with Gasteiger partial charge in [0.15, 0.2) is 5.65 Å². The van der Waals surface area contributed by atoms with Gasteiger partial charge in [-0.25, -0.2) is 15.0 Å².